The minimum absolute atomic E-state index is 0.0205. The third-order valence-electron chi connectivity index (χ3n) is 3.86. The molecule has 5 heteroatoms. The molecule has 21 heavy (non-hydrogen) atoms. The lowest BCUT2D eigenvalue weighted by Crippen LogP contribution is -2.30. The van der Waals surface area contributed by atoms with E-state index in [4.69, 9.17) is 9.47 Å². The first-order chi connectivity index (χ1) is 10.2. The molecule has 1 saturated heterocycles. The van der Waals surface area contributed by atoms with Gasteiger partial charge < -0.3 is 20.1 Å². The molecule has 1 aliphatic rings. The van der Waals surface area contributed by atoms with Crippen LogP contribution in [-0.2, 0) is 4.79 Å². The van der Waals surface area contributed by atoms with Gasteiger partial charge in [-0.2, -0.15) is 0 Å². The second kappa shape index (κ2) is 7.88. The fourth-order valence-electron chi connectivity index (χ4n) is 2.63. The van der Waals surface area contributed by atoms with Crippen molar-refractivity contribution in [3.8, 4) is 11.5 Å². The molecule has 116 valence electrons. The normalized spacial score (nSPS) is 18.1. The van der Waals surface area contributed by atoms with Crippen molar-refractivity contribution in [3.63, 3.8) is 0 Å². The zero-order valence-electron chi connectivity index (χ0n) is 12.8. The van der Waals surface area contributed by atoms with Gasteiger partial charge >= 0.3 is 0 Å². The first kappa shape index (κ1) is 15.6. The van der Waals surface area contributed by atoms with Crippen molar-refractivity contribution in [2.75, 3.05) is 32.6 Å². The minimum Gasteiger partial charge on any atom is -0.497 e. The third kappa shape index (κ3) is 4.63. The van der Waals surface area contributed by atoms with Crippen LogP contribution in [0.4, 0.5) is 5.69 Å². The Morgan fingerprint density at radius 1 is 1.38 bits per heavy atom. The predicted molar refractivity (Wildman–Crippen MR) is 83.0 cm³/mol. The molecule has 1 heterocycles. The standard InChI is InChI=1S/C16H24N2O3/c1-20-13-6-7-15(21-2)14(10-13)18-16(19)8-5-12-4-3-9-17-11-12/h6-7,10,12,17H,3-5,8-9,11H2,1-2H3,(H,18,19). The van der Waals surface area contributed by atoms with E-state index in [1.165, 1.54) is 12.8 Å². The van der Waals surface area contributed by atoms with Crippen LogP contribution in [0.15, 0.2) is 18.2 Å². The Hall–Kier alpha value is -1.75. The number of anilines is 1. The van der Waals surface area contributed by atoms with Crippen molar-refractivity contribution in [3.05, 3.63) is 18.2 Å². The van der Waals surface area contributed by atoms with Crippen molar-refractivity contribution in [2.24, 2.45) is 5.92 Å². The van der Waals surface area contributed by atoms with Gasteiger partial charge in [0.1, 0.15) is 11.5 Å². The van der Waals surface area contributed by atoms with Crippen LogP contribution in [0.1, 0.15) is 25.7 Å². The molecule has 1 aromatic rings. The second-order valence-electron chi connectivity index (χ2n) is 5.37. The molecule has 1 fully saturated rings. The summed E-state index contributed by atoms with van der Waals surface area (Å²) in [6.45, 7) is 2.12. The Balaban J connectivity index is 1.89. The summed E-state index contributed by atoms with van der Waals surface area (Å²) in [4.78, 5) is 12.1. The van der Waals surface area contributed by atoms with E-state index in [9.17, 15) is 4.79 Å². The van der Waals surface area contributed by atoms with Gasteiger partial charge in [0, 0.05) is 12.5 Å². The summed E-state index contributed by atoms with van der Waals surface area (Å²) in [5, 5.41) is 6.28. The van der Waals surface area contributed by atoms with Crippen molar-refractivity contribution in [1.82, 2.24) is 5.32 Å². The smallest absolute Gasteiger partial charge is 0.224 e. The number of benzene rings is 1. The van der Waals surface area contributed by atoms with Gasteiger partial charge in [0.2, 0.25) is 5.91 Å². The number of carbonyl (C=O) groups is 1. The molecule has 1 atom stereocenters. The Kier molecular flexibility index (Phi) is 5.87. The molecule has 0 saturated carbocycles. The topological polar surface area (TPSA) is 59.6 Å². The van der Waals surface area contributed by atoms with Crippen molar-refractivity contribution >= 4 is 11.6 Å². The van der Waals surface area contributed by atoms with Crippen molar-refractivity contribution in [1.29, 1.82) is 0 Å². The number of nitrogens with one attached hydrogen (secondary N) is 2. The van der Waals surface area contributed by atoms with Crippen LogP contribution in [-0.4, -0.2) is 33.2 Å². The molecule has 2 N–H and O–H groups in total. The monoisotopic (exact) mass is 292 g/mol. The van der Waals surface area contributed by atoms with Gasteiger partial charge in [0.25, 0.3) is 0 Å². The molecule has 1 aromatic carbocycles. The van der Waals surface area contributed by atoms with Gasteiger partial charge in [-0.1, -0.05) is 0 Å². The largest absolute Gasteiger partial charge is 0.497 e. The number of piperidine rings is 1. The highest BCUT2D eigenvalue weighted by molar-refractivity contribution is 5.92. The van der Waals surface area contributed by atoms with Gasteiger partial charge in [-0.15, -0.1) is 0 Å². The number of ether oxygens (including phenoxy) is 2. The maximum absolute atomic E-state index is 12.1. The molecule has 0 aliphatic carbocycles. The molecule has 2 rings (SSSR count). The molecule has 0 bridgehead atoms. The number of methoxy groups -OCH3 is 2. The molecule has 1 amide bonds. The fraction of sp³-hybridized carbons (Fsp3) is 0.562. The van der Waals surface area contributed by atoms with Gasteiger partial charge in [-0.3, -0.25) is 4.79 Å². The van der Waals surface area contributed by atoms with Crippen LogP contribution >= 0.6 is 0 Å². The number of amides is 1. The summed E-state index contributed by atoms with van der Waals surface area (Å²) in [5.41, 5.74) is 0.656. The highest BCUT2D eigenvalue weighted by Crippen LogP contribution is 2.29. The summed E-state index contributed by atoms with van der Waals surface area (Å²) in [6, 6.07) is 5.38. The molecular formula is C16H24N2O3. The van der Waals surface area contributed by atoms with Crippen LogP contribution in [0, 0.1) is 5.92 Å². The summed E-state index contributed by atoms with van der Waals surface area (Å²) >= 11 is 0. The number of hydrogen-bond acceptors (Lipinski definition) is 4. The molecule has 0 radical (unpaired) electrons. The molecule has 1 unspecified atom stereocenters. The lowest BCUT2D eigenvalue weighted by Gasteiger charge is -2.22. The summed E-state index contributed by atoms with van der Waals surface area (Å²) in [7, 11) is 3.19. The quantitative estimate of drug-likeness (QED) is 0.845. The summed E-state index contributed by atoms with van der Waals surface area (Å²) in [5.74, 6) is 1.97. The van der Waals surface area contributed by atoms with E-state index < -0.39 is 0 Å². The van der Waals surface area contributed by atoms with E-state index in [0.29, 0.717) is 29.5 Å². The van der Waals surface area contributed by atoms with Crippen LogP contribution in [0.2, 0.25) is 0 Å². The van der Waals surface area contributed by atoms with E-state index in [-0.39, 0.29) is 5.91 Å². The molecule has 0 spiro atoms. The van der Waals surface area contributed by atoms with Crippen LogP contribution in [0.3, 0.4) is 0 Å². The SMILES string of the molecule is COc1ccc(OC)c(NC(=O)CCC2CCCNC2)c1. The van der Waals surface area contributed by atoms with E-state index in [0.717, 1.165) is 19.5 Å². The van der Waals surface area contributed by atoms with Crippen molar-refractivity contribution < 1.29 is 14.3 Å². The summed E-state index contributed by atoms with van der Waals surface area (Å²) < 4.78 is 10.4. The summed E-state index contributed by atoms with van der Waals surface area (Å²) in [6.07, 6.45) is 3.87. The number of hydrogen-bond donors (Lipinski definition) is 2. The van der Waals surface area contributed by atoms with Crippen molar-refractivity contribution in [2.45, 2.75) is 25.7 Å². The minimum atomic E-state index is 0.0205. The number of carbonyl (C=O) groups excluding carboxylic acids is 1. The maximum atomic E-state index is 12.1. The second-order valence-corrected chi connectivity index (χ2v) is 5.37. The third-order valence-corrected chi connectivity index (χ3v) is 3.86. The van der Waals surface area contributed by atoms with Gasteiger partial charge in [-0.25, -0.2) is 0 Å². The van der Waals surface area contributed by atoms with Crippen LogP contribution in [0.25, 0.3) is 0 Å². The van der Waals surface area contributed by atoms with Crippen LogP contribution < -0.4 is 20.1 Å². The Morgan fingerprint density at radius 2 is 2.24 bits per heavy atom. The average Bonchev–Trinajstić information content (AvgIpc) is 2.54. The van der Waals surface area contributed by atoms with Gasteiger partial charge in [-0.05, 0) is 50.4 Å². The molecule has 5 nitrogen and oxygen atoms in total. The lowest BCUT2D eigenvalue weighted by atomic mass is 9.94. The van der Waals surface area contributed by atoms with E-state index in [1.54, 1.807) is 26.4 Å². The Labute approximate surface area is 126 Å². The van der Waals surface area contributed by atoms with E-state index >= 15 is 0 Å². The maximum Gasteiger partial charge on any atom is 0.224 e. The van der Waals surface area contributed by atoms with E-state index in [2.05, 4.69) is 10.6 Å². The first-order valence-corrected chi connectivity index (χ1v) is 7.45. The van der Waals surface area contributed by atoms with E-state index in [1.807, 2.05) is 6.07 Å². The fourth-order valence-corrected chi connectivity index (χ4v) is 2.63. The van der Waals surface area contributed by atoms with Gasteiger partial charge in [0.05, 0.1) is 19.9 Å². The zero-order chi connectivity index (χ0) is 15.1. The Morgan fingerprint density at radius 3 is 2.90 bits per heavy atom. The first-order valence-electron chi connectivity index (χ1n) is 7.45. The molecule has 1 aliphatic heterocycles. The highest BCUT2D eigenvalue weighted by atomic mass is 16.5. The molecule has 0 aromatic heterocycles. The average molecular weight is 292 g/mol. The Bertz CT molecular complexity index is 471. The highest BCUT2D eigenvalue weighted by Gasteiger charge is 2.15. The predicted octanol–water partition coefficient (Wildman–Crippen LogP) is 2.42. The number of rotatable bonds is 6. The molecular weight excluding hydrogens is 268 g/mol. The van der Waals surface area contributed by atoms with Crippen LogP contribution in [0.5, 0.6) is 11.5 Å². The zero-order valence-corrected chi connectivity index (χ0v) is 12.8. The van der Waals surface area contributed by atoms with Gasteiger partial charge in [0.15, 0.2) is 0 Å². The lowest BCUT2D eigenvalue weighted by molar-refractivity contribution is -0.116.